The van der Waals surface area contributed by atoms with E-state index in [9.17, 15) is 22.8 Å². The van der Waals surface area contributed by atoms with Crippen molar-refractivity contribution in [2.75, 3.05) is 30.0 Å². The lowest BCUT2D eigenvalue weighted by Crippen LogP contribution is -2.23. The maximum Gasteiger partial charge on any atom is 0.418 e. The summed E-state index contributed by atoms with van der Waals surface area (Å²) >= 11 is 0. The summed E-state index contributed by atoms with van der Waals surface area (Å²) in [5, 5.41) is 12.3. The zero-order valence-corrected chi connectivity index (χ0v) is 25.5. The Kier molecular flexibility index (Phi) is 8.57. The van der Waals surface area contributed by atoms with Crippen LogP contribution in [0, 0.1) is 0 Å². The molecule has 0 saturated carbocycles. The van der Waals surface area contributed by atoms with Crippen LogP contribution < -0.4 is 20.7 Å². The number of amides is 3. The quantitative estimate of drug-likeness (QED) is 0.206. The SMILES string of the molecule is CN(C)Cc1ccc(-n2nc(C(C)(C)C)cc2NC(=O)Nc2ccc(Oc3ccnc4c3CCC(=O)N4)cc2C(F)(F)F)cc1. The Bertz CT molecular complexity index is 1730. The van der Waals surface area contributed by atoms with Crippen molar-refractivity contribution in [2.24, 2.45) is 0 Å². The summed E-state index contributed by atoms with van der Waals surface area (Å²) in [6, 6.07) is 13.3. The number of nitrogens with one attached hydrogen (secondary N) is 3. The topological polar surface area (TPSA) is 113 Å². The maximum atomic E-state index is 14.2. The minimum atomic E-state index is -4.80. The number of ether oxygens (including phenoxy) is 1. The summed E-state index contributed by atoms with van der Waals surface area (Å²) in [5.41, 5.74) is 1.14. The molecule has 45 heavy (non-hydrogen) atoms. The monoisotopic (exact) mass is 621 g/mol. The van der Waals surface area contributed by atoms with E-state index in [0.717, 1.165) is 24.2 Å². The van der Waals surface area contributed by atoms with Gasteiger partial charge in [-0.15, -0.1) is 0 Å². The molecule has 0 atom stereocenters. The maximum absolute atomic E-state index is 14.2. The van der Waals surface area contributed by atoms with Gasteiger partial charge in [-0.05, 0) is 62.5 Å². The Morgan fingerprint density at radius 1 is 1.02 bits per heavy atom. The van der Waals surface area contributed by atoms with E-state index in [-0.39, 0.29) is 29.2 Å². The Labute approximate surface area is 258 Å². The highest BCUT2D eigenvalue weighted by atomic mass is 19.4. The van der Waals surface area contributed by atoms with Gasteiger partial charge in [-0.2, -0.15) is 18.3 Å². The van der Waals surface area contributed by atoms with Gasteiger partial charge in [-0.3, -0.25) is 10.1 Å². The fourth-order valence-electron chi connectivity index (χ4n) is 4.82. The second kappa shape index (κ2) is 12.2. The number of pyridine rings is 1. The van der Waals surface area contributed by atoms with E-state index in [1.54, 1.807) is 10.7 Å². The van der Waals surface area contributed by atoms with Crippen LogP contribution in [-0.4, -0.2) is 45.7 Å². The van der Waals surface area contributed by atoms with Gasteiger partial charge in [0, 0.05) is 36.2 Å². The number of rotatable bonds is 7. The highest BCUT2D eigenvalue weighted by Gasteiger charge is 2.35. The molecule has 5 rings (SSSR count). The van der Waals surface area contributed by atoms with Gasteiger partial charge < -0.3 is 20.3 Å². The molecule has 0 saturated heterocycles. The number of halogens is 3. The molecule has 0 spiro atoms. The van der Waals surface area contributed by atoms with Gasteiger partial charge in [0.2, 0.25) is 5.91 Å². The predicted molar refractivity (Wildman–Crippen MR) is 165 cm³/mol. The molecule has 13 heteroatoms. The molecule has 1 aliphatic heterocycles. The van der Waals surface area contributed by atoms with Crippen molar-refractivity contribution in [3.63, 3.8) is 0 Å². The molecular weight excluding hydrogens is 587 g/mol. The van der Waals surface area contributed by atoms with Crippen LogP contribution >= 0.6 is 0 Å². The lowest BCUT2D eigenvalue weighted by molar-refractivity contribution is -0.137. The number of carbonyl (C=O) groups excluding carboxylic acids is 2. The molecule has 0 aliphatic carbocycles. The minimum Gasteiger partial charge on any atom is -0.457 e. The lowest BCUT2D eigenvalue weighted by atomic mass is 9.92. The molecule has 0 radical (unpaired) electrons. The van der Waals surface area contributed by atoms with Crippen LogP contribution in [-0.2, 0) is 29.4 Å². The van der Waals surface area contributed by atoms with E-state index in [4.69, 9.17) is 4.74 Å². The Morgan fingerprint density at radius 3 is 2.42 bits per heavy atom. The van der Waals surface area contributed by atoms with Crippen LogP contribution in [0.4, 0.5) is 35.3 Å². The number of nitrogens with zero attached hydrogens (tertiary/aromatic N) is 4. The van der Waals surface area contributed by atoms with E-state index in [1.165, 1.54) is 18.3 Å². The highest BCUT2D eigenvalue weighted by molar-refractivity contribution is 6.00. The average Bonchev–Trinajstić information content (AvgIpc) is 3.37. The van der Waals surface area contributed by atoms with Crippen molar-refractivity contribution >= 4 is 29.3 Å². The van der Waals surface area contributed by atoms with E-state index >= 15 is 0 Å². The van der Waals surface area contributed by atoms with Gasteiger partial charge in [0.1, 0.15) is 23.1 Å². The number of hydrogen-bond acceptors (Lipinski definition) is 6. The van der Waals surface area contributed by atoms with Crippen molar-refractivity contribution < 1.29 is 27.5 Å². The van der Waals surface area contributed by atoms with Crippen LogP contribution in [0.1, 0.15) is 49.6 Å². The van der Waals surface area contributed by atoms with Crippen molar-refractivity contribution in [1.82, 2.24) is 19.7 Å². The van der Waals surface area contributed by atoms with Gasteiger partial charge >= 0.3 is 12.2 Å². The fraction of sp³-hybridized carbons (Fsp3) is 0.312. The Morgan fingerprint density at radius 2 is 1.76 bits per heavy atom. The smallest absolute Gasteiger partial charge is 0.418 e. The van der Waals surface area contributed by atoms with Crippen LogP contribution in [0.3, 0.4) is 0 Å². The highest BCUT2D eigenvalue weighted by Crippen LogP contribution is 2.39. The molecule has 0 bridgehead atoms. The zero-order valence-electron chi connectivity index (χ0n) is 25.5. The molecule has 3 amide bonds. The number of alkyl halides is 3. The van der Waals surface area contributed by atoms with E-state index in [1.807, 2.05) is 64.0 Å². The molecule has 2 aromatic carbocycles. The third kappa shape index (κ3) is 7.43. The number of carbonyl (C=O) groups is 2. The summed E-state index contributed by atoms with van der Waals surface area (Å²) in [7, 11) is 3.94. The molecule has 10 nitrogen and oxygen atoms in total. The molecule has 0 unspecified atom stereocenters. The van der Waals surface area contributed by atoms with E-state index in [2.05, 4.69) is 26.0 Å². The van der Waals surface area contributed by atoms with Gasteiger partial charge in [-0.1, -0.05) is 32.9 Å². The van der Waals surface area contributed by atoms with Crippen LogP contribution in [0.25, 0.3) is 5.69 Å². The van der Waals surface area contributed by atoms with Crippen molar-refractivity contribution in [1.29, 1.82) is 0 Å². The van der Waals surface area contributed by atoms with Crippen LogP contribution in [0.2, 0.25) is 0 Å². The van der Waals surface area contributed by atoms with Crippen molar-refractivity contribution in [2.45, 2.75) is 51.7 Å². The first kappa shape index (κ1) is 31.5. The Hall–Kier alpha value is -4.91. The molecular formula is C32H34F3N7O3. The van der Waals surface area contributed by atoms with Crippen molar-refractivity contribution in [3.8, 4) is 17.2 Å². The second-order valence-electron chi connectivity index (χ2n) is 12.1. The summed E-state index contributed by atoms with van der Waals surface area (Å²) < 4.78 is 49.9. The Balaban J connectivity index is 1.39. The first-order chi connectivity index (χ1) is 21.2. The number of anilines is 3. The van der Waals surface area contributed by atoms with Gasteiger partial charge in [0.25, 0.3) is 0 Å². The fourth-order valence-corrected chi connectivity index (χ4v) is 4.82. The molecule has 236 valence electrons. The molecule has 2 aromatic heterocycles. The lowest BCUT2D eigenvalue weighted by Gasteiger charge is -2.20. The summed E-state index contributed by atoms with van der Waals surface area (Å²) in [6.07, 6.45) is -2.86. The third-order valence-electron chi connectivity index (χ3n) is 7.04. The zero-order chi connectivity index (χ0) is 32.5. The minimum absolute atomic E-state index is 0.0933. The largest absolute Gasteiger partial charge is 0.457 e. The summed E-state index contributed by atoms with van der Waals surface area (Å²) in [6.45, 7) is 6.66. The van der Waals surface area contributed by atoms with Crippen molar-refractivity contribution in [3.05, 3.63) is 83.2 Å². The summed E-state index contributed by atoms with van der Waals surface area (Å²) in [4.78, 5) is 31.0. The standard InChI is InChI=1S/C32H34F3N7O3/c1-31(2,3)26-17-27(42(40-26)20-8-6-19(7-9-20)18-41(4)5)38-30(44)37-24-12-10-21(16-23(24)32(33,34)35)45-25-14-15-36-29-22(25)11-13-28(43)39-29/h6-10,12,14-17H,11,13,18H2,1-5H3,(H,36,39,43)(H2,37,38,44). The van der Waals surface area contributed by atoms with E-state index < -0.39 is 23.5 Å². The molecule has 3 N–H and O–H groups in total. The van der Waals surface area contributed by atoms with Gasteiger partial charge in [-0.25, -0.2) is 14.5 Å². The molecule has 4 aromatic rings. The third-order valence-corrected chi connectivity index (χ3v) is 7.04. The first-order valence-electron chi connectivity index (χ1n) is 14.3. The predicted octanol–water partition coefficient (Wildman–Crippen LogP) is 6.97. The number of hydrogen-bond donors (Lipinski definition) is 3. The average molecular weight is 622 g/mol. The first-order valence-corrected chi connectivity index (χ1v) is 14.3. The van der Waals surface area contributed by atoms with Gasteiger partial charge in [0.15, 0.2) is 0 Å². The number of benzene rings is 2. The molecule has 0 fully saturated rings. The van der Waals surface area contributed by atoms with Crippen LogP contribution in [0.15, 0.2) is 60.8 Å². The van der Waals surface area contributed by atoms with Gasteiger partial charge in [0.05, 0.1) is 22.6 Å². The number of aromatic nitrogens is 3. The van der Waals surface area contributed by atoms with E-state index in [0.29, 0.717) is 35.0 Å². The normalized spacial score (nSPS) is 13.3. The van der Waals surface area contributed by atoms with Crippen LogP contribution in [0.5, 0.6) is 11.5 Å². The molecule has 3 heterocycles. The number of urea groups is 1. The number of fused-ring (bicyclic) bond motifs is 1. The second-order valence-corrected chi connectivity index (χ2v) is 12.1. The summed E-state index contributed by atoms with van der Waals surface area (Å²) in [5.74, 6) is 0.596. The molecule has 1 aliphatic rings.